The second-order valence-corrected chi connectivity index (χ2v) is 9.06. The van der Waals surface area contributed by atoms with Crippen LogP contribution in [-0.2, 0) is 12.7 Å². The van der Waals surface area contributed by atoms with Crippen LogP contribution in [0.3, 0.4) is 0 Å². The van der Waals surface area contributed by atoms with E-state index >= 15 is 0 Å². The SMILES string of the molecule is O=C(O)c1ccc(CNC(=O)c2cc(-c3ccc(F)cc3)cc3ncc(C(=O)c4ccc(C(F)(F)F)cc4)n23)cc1. The van der Waals surface area contributed by atoms with Crippen molar-refractivity contribution in [2.75, 3.05) is 0 Å². The van der Waals surface area contributed by atoms with Crippen molar-refractivity contribution in [3.05, 3.63) is 131 Å². The van der Waals surface area contributed by atoms with Crippen LogP contribution in [0.25, 0.3) is 16.8 Å². The topological polar surface area (TPSA) is 101 Å². The minimum atomic E-state index is -4.57. The number of carbonyl (C=O) groups excluding carboxylic acids is 2. The molecule has 0 aliphatic heterocycles. The number of benzene rings is 3. The highest BCUT2D eigenvalue weighted by atomic mass is 19.4. The smallest absolute Gasteiger partial charge is 0.416 e. The fourth-order valence-electron chi connectivity index (χ4n) is 4.25. The Bertz CT molecular complexity index is 1780. The van der Waals surface area contributed by atoms with Gasteiger partial charge in [-0.1, -0.05) is 36.4 Å². The van der Waals surface area contributed by atoms with Crippen molar-refractivity contribution in [1.29, 1.82) is 0 Å². The molecule has 0 saturated carbocycles. The van der Waals surface area contributed by atoms with Crippen LogP contribution >= 0.6 is 0 Å². The number of carboxylic acid groups (broad SMARTS) is 1. The highest BCUT2D eigenvalue weighted by molar-refractivity contribution is 6.09. The summed E-state index contributed by atoms with van der Waals surface area (Å²) in [5.41, 5.74) is 0.981. The highest BCUT2D eigenvalue weighted by Gasteiger charge is 2.30. The molecule has 0 unspecified atom stereocenters. The molecule has 0 spiro atoms. The van der Waals surface area contributed by atoms with Gasteiger partial charge in [-0.15, -0.1) is 0 Å². The normalized spacial score (nSPS) is 11.4. The zero-order valence-corrected chi connectivity index (χ0v) is 20.9. The first-order valence-electron chi connectivity index (χ1n) is 12.1. The summed E-state index contributed by atoms with van der Waals surface area (Å²) in [6.45, 7) is 0.0257. The molecule has 5 aromatic rings. The van der Waals surface area contributed by atoms with E-state index in [-0.39, 0.29) is 34.7 Å². The van der Waals surface area contributed by atoms with Crippen molar-refractivity contribution in [2.45, 2.75) is 12.7 Å². The number of halogens is 4. The number of rotatable bonds is 7. The van der Waals surface area contributed by atoms with Gasteiger partial charge in [-0.25, -0.2) is 14.2 Å². The molecule has 2 aromatic heterocycles. The number of nitrogens with one attached hydrogen (secondary N) is 1. The molecule has 206 valence electrons. The molecule has 0 saturated heterocycles. The van der Waals surface area contributed by atoms with Crippen molar-refractivity contribution in [2.24, 2.45) is 0 Å². The van der Waals surface area contributed by atoms with Crippen molar-refractivity contribution in [1.82, 2.24) is 14.7 Å². The summed E-state index contributed by atoms with van der Waals surface area (Å²) in [4.78, 5) is 42.2. The van der Waals surface area contributed by atoms with Gasteiger partial charge in [0.15, 0.2) is 0 Å². The van der Waals surface area contributed by atoms with E-state index in [0.29, 0.717) is 16.7 Å². The first-order valence-corrected chi connectivity index (χ1v) is 12.1. The Kier molecular flexibility index (Phi) is 7.10. The summed E-state index contributed by atoms with van der Waals surface area (Å²) in [6.07, 6.45) is -3.34. The molecule has 5 rings (SSSR count). The molecule has 41 heavy (non-hydrogen) atoms. The van der Waals surface area contributed by atoms with Crippen LogP contribution in [0.1, 0.15) is 48.0 Å². The Balaban J connectivity index is 1.54. The minimum absolute atomic E-state index is 0.00302. The number of alkyl halides is 3. The molecule has 7 nitrogen and oxygen atoms in total. The van der Waals surface area contributed by atoms with Crippen molar-refractivity contribution >= 4 is 23.3 Å². The van der Waals surface area contributed by atoms with Crippen LogP contribution in [0.2, 0.25) is 0 Å². The Morgan fingerprint density at radius 3 is 2.05 bits per heavy atom. The van der Waals surface area contributed by atoms with E-state index in [1.807, 2.05) is 0 Å². The molecule has 11 heteroatoms. The van der Waals surface area contributed by atoms with Gasteiger partial charge in [-0.3, -0.25) is 14.0 Å². The number of aromatic nitrogens is 2. The number of nitrogens with zero attached hydrogens (tertiary/aromatic N) is 2. The van der Waals surface area contributed by atoms with Crippen LogP contribution in [0, 0.1) is 5.82 Å². The fourth-order valence-corrected chi connectivity index (χ4v) is 4.25. The van der Waals surface area contributed by atoms with E-state index in [9.17, 15) is 31.9 Å². The highest BCUT2D eigenvalue weighted by Crippen LogP contribution is 2.30. The second kappa shape index (κ2) is 10.7. The molecule has 0 radical (unpaired) electrons. The average Bonchev–Trinajstić information content (AvgIpc) is 3.39. The third-order valence-electron chi connectivity index (χ3n) is 6.38. The fraction of sp³-hybridized carbons (Fsp3) is 0.0667. The van der Waals surface area contributed by atoms with Crippen LogP contribution < -0.4 is 5.32 Å². The van der Waals surface area contributed by atoms with E-state index in [1.165, 1.54) is 53.1 Å². The number of aromatic carboxylic acids is 1. The molecule has 0 aliphatic rings. The lowest BCUT2D eigenvalue weighted by molar-refractivity contribution is -0.137. The first kappa shape index (κ1) is 27.3. The molecule has 0 fully saturated rings. The summed E-state index contributed by atoms with van der Waals surface area (Å²) in [5.74, 6) is -2.81. The quantitative estimate of drug-likeness (QED) is 0.187. The van der Waals surface area contributed by atoms with Crippen molar-refractivity contribution in [3.8, 4) is 11.1 Å². The Morgan fingerprint density at radius 1 is 0.805 bits per heavy atom. The van der Waals surface area contributed by atoms with Gasteiger partial charge in [0.25, 0.3) is 5.91 Å². The standard InChI is InChI=1S/C30H19F4N3O4/c31-23-11-7-18(8-12-23)21-13-24(28(39)36-15-17-1-3-20(4-2-17)29(40)41)37-25(16-35-26(37)14-21)27(38)19-5-9-22(10-6-19)30(32,33)34/h1-14,16H,15H2,(H,36,39)(H,40,41). The van der Waals surface area contributed by atoms with Crippen LogP contribution in [-0.4, -0.2) is 32.2 Å². The Morgan fingerprint density at radius 2 is 1.44 bits per heavy atom. The van der Waals surface area contributed by atoms with E-state index in [0.717, 1.165) is 24.3 Å². The maximum absolute atomic E-state index is 13.5. The van der Waals surface area contributed by atoms with Gasteiger partial charge in [0.1, 0.15) is 22.9 Å². The summed E-state index contributed by atoms with van der Waals surface area (Å²) in [7, 11) is 0. The number of hydrogen-bond acceptors (Lipinski definition) is 4. The molecule has 2 heterocycles. The van der Waals surface area contributed by atoms with Gasteiger partial charge < -0.3 is 10.4 Å². The Labute approximate surface area is 229 Å². The number of carbonyl (C=O) groups is 3. The van der Waals surface area contributed by atoms with Gasteiger partial charge in [0, 0.05) is 12.1 Å². The lowest BCUT2D eigenvalue weighted by atomic mass is 10.0. The summed E-state index contributed by atoms with van der Waals surface area (Å²) >= 11 is 0. The number of ketones is 1. The van der Waals surface area contributed by atoms with Gasteiger partial charge in [-0.05, 0) is 65.2 Å². The largest absolute Gasteiger partial charge is 0.478 e. The molecule has 0 bridgehead atoms. The number of hydrogen-bond donors (Lipinski definition) is 2. The lowest BCUT2D eigenvalue weighted by Crippen LogP contribution is -2.26. The summed E-state index contributed by atoms with van der Waals surface area (Å²) in [6, 6.07) is 18.2. The molecule has 3 aromatic carbocycles. The minimum Gasteiger partial charge on any atom is -0.478 e. The summed E-state index contributed by atoms with van der Waals surface area (Å²) in [5, 5.41) is 11.8. The molecule has 0 aliphatic carbocycles. The molecular weight excluding hydrogens is 542 g/mol. The zero-order chi connectivity index (χ0) is 29.3. The van der Waals surface area contributed by atoms with Crippen LogP contribution in [0.4, 0.5) is 17.6 Å². The zero-order valence-electron chi connectivity index (χ0n) is 20.9. The van der Waals surface area contributed by atoms with Crippen molar-refractivity contribution in [3.63, 3.8) is 0 Å². The third-order valence-corrected chi connectivity index (χ3v) is 6.38. The molecular formula is C30H19F4N3O4. The number of pyridine rings is 1. The van der Waals surface area contributed by atoms with Crippen LogP contribution in [0.5, 0.6) is 0 Å². The third kappa shape index (κ3) is 5.69. The molecule has 0 atom stereocenters. The predicted molar refractivity (Wildman–Crippen MR) is 140 cm³/mol. The van der Waals surface area contributed by atoms with Gasteiger partial charge in [0.05, 0.1) is 17.3 Å². The van der Waals surface area contributed by atoms with E-state index in [4.69, 9.17) is 5.11 Å². The second-order valence-electron chi connectivity index (χ2n) is 9.06. The predicted octanol–water partition coefficient (Wildman–Crippen LogP) is 6.02. The maximum Gasteiger partial charge on any atom is 0.416 e. The molecule has 1 amide bonds. The van der Waals surface area contributed by atoms with Gasteiger partial charge >= 0.3 is 12.1 Å². The number of imidazole rings is 1. The maximum atomic E-state index is 13.5. The van der Waals surface area contributed by atoms with Crippen molar-refractivity contribution < 1.29 is 37.1 Å². The number of fused-ring (bicyclic) bond motifs is 1. The molecule has 2 N–H and O–H groups in total. The number of carboxylic acids is 1. The van der Waals surface area contributed by atoms with Crippen LogP contribution in [0.15, 0.2) is 91.1 Å². The van der Waals surface area contributed by atoms with E-state index in [2.05, 4.69) is 10.3 Å². The van der Waals surface area contributed by atoms with Gasteiger partial charge in [-0.2, -0.15) is 13.2 Å². The van der Waals surface area contributed by atoms with E-state index < -0.39 is 35.2 Å². The number of amides is 1. The monoisotopic (exact) mass is 561 g/mol. The first-order chi connectivity index (χ1) is 19.5. The lowest BCUT2D eigenvalue weighted by Gasteiger charge is -2.13. The summed E-state index contributed by atoms with van der Waals surface area (Å²) < 4.78 is 53.8. The average molecular weight is 561 g/mol. The van der Waals surface area contributed by atoms with E-state index in [1.54, 1.807) is 18.2 Å². The Hall–Kier alpha value is -5.32. The van der Waals surface area contributed by atoms with Gasteiger partial charge in [0.2, 0.25) is 5.78 Å².